The molecule has 86 valence electrons. The number of rotatable bonds is 5. The van der Waals surface area contributed by atoms with E-state index in [2.05, 4.69) is 0 Å². The Balaban J connectivity index is 3.42. The monoisotopic (exact) mass is 242 g/mol. The van der Waals surface area contributed by atoms with E-state index < -0.39 is 14.0 Å². The molecule has 5 nitrogen and oxygen atoms in total. The fourth-order valence-corrected chi connectivity index (χ4v) is 1.57. The molecule has 1 rings (SSSR count). The molecule has 1 aromatic rings. The van der Waals surface area contributed by atoms with Crippen molar-refractivity contribution in [3.63, 3.8) is 0 Å². The summed E-state index contributed by atoms with van der Waals surface area (Å²) in [5.41, 5.74) is -0.459. The van der Waals surface area contributed by atoms with E-state index in [-0.39, 0.29) is 17.1 Å². The number of carbonyl (C=O) groups excluding carboxylic acids is 1. The maximum absolute atomic E-state index is 11.4. The fourth-order valence-electron chi connectivity index (χ4n) is 1.26. The molecule has 0 radical (unpaired) electrons. The van der Waals surface area contributed by atoms with Gasteiger partial charge < -0.3 is 14.2 Å². The van der Waals surface area contributed by atoms with Crippen LogP contribution in [0.3, 0.4) is 0 Å². The standard InChI is InChI=1S/C10H11O5P/c1-13-6-4-7(14-2)9(10(11)16-12)8(5-6)15-3/h4-5H,1-3H3. The van der Waals surface area contributed by atoms with Crippen LogP contribution < -0.4 is 14.2 Å². The number of hydrogen-bond donors (Lipinski definition) is 0. The van der Waals surface area contributed by atoms with Gasteiger partial charge in [-0.15, -0.1) is 0 Å². The van der Waals surface area contributed by atoms with E-state index >= 15 is 0 Å². The van der Waals surface area contributed by atoms with Crippen LogP contribution in [-0.4, -0.2) is 26.9 Å². The van der Waals surface area contributed by atoms with E-state index in [9.17, 15) is 9.36 Å². The van der Waals surface area contributed by atoms with Crippen molar-refractivity contribution in [3.05, 3.63) is 17.7 Å². The first-order valence-electron chi connectivity index (χ1n) is 4.35. The minimum atomic E-state index is -0.612. The van der Waals surface area contributed by atoms with Crippen LogP contribution in [0.1, 0.15) is 10.4 Å². The van der Waals surface area contributed by atoms with Crippen molar-refractivity contribution < 1.29 is 23.6 Å². The lowest BCUT2D eigenvalue weighted by Crippen LogP contribution is -2.00. The SMILES string of the molecule is COc1cc(OC)c(C(=O)P=O)c(OC)c1. The molecule has 6 heteroatoms. The third kappa shape index (κ3) is 2.31. The topological polar surface area (TPSA) is 61.8 Å². The summed E-state index contributed by atoms with van der Waals surface area (Å²) in [6.45, 7) is 0. The van der Waals surface area contributed by atoms with E-state index in [1.165, 1.54) is 33.5 Å². The van der Waals surface area contributed by atoms with Crippen LogP contribution >= 0.6 is 8.46 Å². The molecule has 0 unspecified atom stereocenters. The number of hydrogen-bond acceptors (Lipinski definition) is 5. The maximum Gasteiger partial charge on any atom is 0.260 e. The van der Waals surface area contributed by atoms with Gasteiger partial charge in [0.15, 0.2) is 0 Å². The van der Waals surface area contributed by atoms with Crippen molar-refractivity contribution >= 4 is 14.0 Å². The zero-order valence-corrected chi connectivity index (χ0v) is 10.0. The summed E-state index contributed by atoms with van der Waals surface area (Å²) in [6.07, 6.45) is 0. The van der Waals surface area contributed by atoms with Gasteiger partial charge in [0.2, 0.25) is 8.46 Å². The van der Waals surface area contributed by atoms with Gasteiger partial charge in [-0.2, -0.15) is 0 Å². The van der Waals surface area contributed by atoms with Gasteiger partial charge in [0.1, 0.15) is 22.8 Å². The summed E-state index contributed by atoms with van der Waals surface area (Å²) in [6, 6.07) is 3.06. The first-order chi connectivity index (χ1) is 7.67. The van der Waals surface area contributed by atoms with Gasteiger partial charge in [0, 0.05) is 12.1 Å². The van der Waals surface area contributed by atoms with E-state index in [0.29, 0.717) is 5.75 Å². The van der Waals surface area contributed by atoms with Gasteiger partial charge in [0.05, 0.1) is 21.3 Å². The van der Waals surface area contributed by atoms with Crippen LogP contribution in [0, 0.1) is 0 Å². The third-order valence-corrected chi connectivity index (χ3v) is 2.40. The zero-order chi connectivity index (χ0) is 12.1. The summed E-state index contributed by atoms with van der Waals surface area (Å²) in [5, 5.41) is 0. The van der Waals surface area contributed by atoms with Crippen LogP contribution in [0.2, 0.25) is 0 Å². The smallest absolute Gasteiger partial charge is 0.260 e. The first-order valence-corrected chi connectivity index (χ1v) is 5.16. The minimum absolute atomic E-state index is 0.141. The Morgan fingerprint density at radius 2 is 1.56 bits per heavy atom. The summed E-state index contributed by atoms with van der Waals surface area (Å²) >= 11 is 0. The van der Waals surface area contributed by atoms with Crippen molar-refractivity contribution in [2.75, 3.05) is 21.3 Å². The highest BCUT2D eigenvalue weighted by atomic mass is 31.1. The van der Waals surface area contributed by atoms with Gasteiger partial charge in [-0.1, -0.05) is 0 Å². The molecular formula is C10H11O5P. The molecule has 0 aliphatic carbocycles. The molecule has 0 N–H and O–H groups in total. The third-order valence-electron chi connectivity index (χ3n) is 2.01. The number of ether oxygens (including phenoxy) is 3. The lowest BCUT2D eigenvalue weighted by Gasteiger charge is -2.11. The molecule has 0 bridgehead atoms. The molecule has 0 saturated carbocycles. The Morgan fingerprint density at radius 3 is 1.88 bits per heavy atom. The molecule has 0 atom stereocenters. The molecule has 16 heavy (non-hydrogen) atoms. The lowest BCUT2D eigenvalue weighted by molar-refractivity contribution is 0.107. The molecule has 0 spiro atoms. The van der Waals surface area contributed by atoms with Crippen LogP contribution in [0.25, 0.3) is 0 Å². The quantitative estimate of drug-likeness (QED) is 0.740. The van der Waals surface area contributed by atoms with Crippen molar-refractivity contribution in [1.29, 1.82) is 0 Å². The average molecular weight is 242 g/mol. The summed E-state index contributed by atoms with van der Waals surface area (Å²) < 4.78 is 25.7. The van der Waals surface area contributed by atoms with Gasteiger partial charge in [-0.3, -0.25) is 9.36 Å². The normalized spacial score (nSPS) is 9.94. The van der Waals surface area contributed by atoms with Gasteiger partial charge in [-0.25, -0.2) is 0 Å². The summed E-state index contributed by atoms with van der Waals surface area (Å²) in [4.78, 5) is 11.4. The Morgan fingerprint density at radius 1 is 1.06 bits per heavy atom. The Kier molecular flexibility index (Phi) is 4.26. The zero-order valence-electron chi connectivity index (χ0n) is 9.14. The molecule has 0 aromatic heterocycles. The fraction of sp³-hybridized carbons (Fsp3) is 0.300. The van der Waals surface area contributed by atoms with E-state index in [0.717, 1.165) is 0 Å². The van der Waals surface area contributed by atoms with E-state index in [1.54, 1.807) is 0 Å². The van der Waals surface area contributed by atoms with Crippen LogP contribution in [0.15, 0.2) is 12.1 Å². The number of carbonyl (C=O) groups is 1. The molecule has 0 amide bonds. The van der Waals surface area contributed by atoms with Crippen molar-refractivity contribution in [1.82, 2.24) is 0 Å². The molecule has 0 heterocycles. The van der Waals surface area contributed by atoms with Crippen LogP contribution in [0.5, 0.6) is 17.2 Å². The highest BCUT2D eigenvalue weighted by Gasteiger charge is 2.20. The number of methoxy groups -OCH3 is 3. The van der Waals surface area contributed by atoms with Gasteiger partial charge in [-0.05, 0) is 0 Å². The highest BCUT2D eigenvalue weighted by Crippen LogP contribution is 2.35. The van der Waals surface area contributed by atoms with Crippen LogP contribution in [-0.2, 0) is 4.57 Å². The summed E-state index contributed by atoms with van der Waals surface area (Å²) in [5.74, 6) is 1.03. The predicted octanol–water partition coefficient (Wildman–Crippen LogP) is 2.14. The lowest BCUT2D eigenvalue weighted by atomic mass is 10.2. The van der Waals surface area contributed by atoms with Gasteiger partial charge >= 0.3 is 0 Å². The highest BCUT2D eigenvalue weighted by molar-refractivity contribution is 7.47. The van der Waals surface area contributed by atoms with Crippen molar-refractivity contribution in [2.24, 2.45) is 0 Å². The Hall–Kier alpha value is -1.61. The second kappa shape index (κ2) is 5.47. The van der Waals surface area contributed by atoms with Crippen molar-refractivity contribution in [2.45, 2.75) is 0 Å². The maximum atomic E-state index is 11.4. The predicted molar refractivity (Wildman–Crippen MR) is 58.0 cm³/mol. The van der Waals surface area contributed by atoms with Crippen LogP contribution in [0.4, 0.5) is 0 Å². The summed E-state index contributed by atoms with van der Waals surface area (Å²) in [7, 11) is 3.69. The van der Waals surface area contributed by atoms with E-state index in [4.69, 9.17) is 14.2 Å². The molecule has 0 saturated heterocycles. The Labute approximate surface area is 94.5 Å². The Bertz CT molecular complexity index is 391. The molecule has 0 fully saturated rings. The second-order valence-electron chi connectivity index (χ2n) is 2.80. The molecule has 0 aliphatic rings. The second-order valence-corrected chi connectivity index (χ2v) is 3.39. The first kappa shape index (κ1) is 12.5. The molecule has 1 aromatic carbocycles. The largest absolute Gasteiger partial charge is 0.496 e. The molecular weight excluding hydrogens is 231 g/mol. The van der Waals surface area contributed by atoms with Gasteiger partial charge in [0.25, 0.3) is 5.52 Å². The average Bonchev–Trinajstić information content (AvgIpc) is 2.35. The minimum Gasteiger partial charge on any atom is -0.496 e. The molecule has 0 aliphatic heterocycles. The van der Waals surface area contributed by atoms with E-state index in [1.807, 2.05) is 0 Å². The number of benzene rings is 1. The van der Waals surface area contributed by atoms with Crippen molar-refractivity contribution in [3.8, 4) is 17.2 Å².